The number of carbonyl (C=O) groups is 2. The summed E-state index contributed by atoms with van der Waals surface area (Å²) in [5.74, 6) is -0.539. The summed E-state index contributed by atoms with van der Waals surface area (Å²) in [6.07, 6.45) is 0. The van der Waals surface area contributed by atoms with Crippen LogP contribution < -0.4 is 5.32 Å². The number of ether oxygens (including phenoxy) is 1. The zero-order chi connectivity index (χ0) is 13.5. The van der Waals surface area contributed by atoms with E-state index in [1.165, 1.54) is 11.3 Å². The van der Waals surface area contributed by atoms with Crippen molar-refractivity contribution >= 4 is 23.2 Å². The smallest absolute Gasteiger partial charge is 0.339 e. The number of nitrogens with one attached hydrogen (secondary N) is 1. The van der Waals surface area contributed by atoms with Gasteiger partial charge in [0.15, 0.2) is 0 Å². The topological polar surface area (TPSA) is 55.4 Å². The van der Waals surface area contributed by atoms with Crippen LogP contribution in [0.25, 0.3) is 0 Å². The van der Waals surface area contributed by atoms with Gasteiger partial charge < -0.3 is 10.1 Å². The number of rotatable bonds is 5. The second kappa shape index (κ2) is 6.70. The molecule has 0 spiro atoms. The van der Waals surface area contributed by atoms with E-state index in [4.69, 9.17) is 4.74 Å². The van der Waals surface area contributed by atoms with Crippen molar-refractivity contribution in [3.05, 3.63) is 58.3 Å². The lowest BCUT2D eigenvalue weighted by Gasteiger charge is -2.06. The van der Waals surface area contributed by atoms with Gasteiger partial charge in [-0.3, -0.25) is 4.79 Å². The standard InChI is InChI=1S/C14H13NO3S/c16-13(11-4-2-1-3-5-11)15-7-8-18-14(17)12-6-9-19-10-12/h1-6,9-10H,7-8H2,(H,15,16). The molecule has 0 saturated carbocycles. The quantitative estimate of drug-likeness (QED) is 0.673. The van der Waals surface area contributed by atoms with Crippen molar-refractivity contribution in [3.8, 4) is 0 Å². The van der Waals surface area contributed by atoms with Crippen LogP contribution in [-0.4, -0.2) is 25.0 Å². The first kappa shape index (κ1) is 13.3. The molecule has 0 atom stereocenters. The Morgan fingerprint density at radius 2 is 1.89 bits per heavy atom. The lowest BCUT2D eigenvalue weighted by molar-refractivity contribution is 0.0504. The van der Waals surface area contributed by atoms with Crippen molar-refractivity contribution in [2.75, 3.05) is 13.2 Å². The van der Waals surface area contributed by atoms with E-state index in [9.17, 15) is 9.59 Å². The molecule has 4 nitrogen and oxygen atoms in total. The Labute approximate surface area is 115 Å². The fourth-order valence-corrected chi connectivity index (χ4v) is 2.09. The molecular weight excluding hydrogens is 262 g/mol. The molecule has 2 aromatic rings. The van der Waals surface area contributed by atoms with Crippen LogP contribution in [0, 0.1) is 0 Å². The Bertz CT molecular complexity index is 537. The normalized spacial score (nSPS) is 9.89. The van der Waals surface area contributed by atoms with Gasteiger partial charge in [-0.15, -0.1) is 0 Å². The van der Waals surface area contributed by atoms with Gasteiger partial charge in [0.2, 0.25) is 0 Å². The Hall–Kier alpha value is -2.14. The maximum absolute atomic E-state index is 11.7. The van der Waals surface area contributed by atoms with E-state index in [1.807, 2.05) is 11.4 Å². The molecule has 0 fully saturated rings. The van der Waals surface area contributed by atoms with Crippen LogP contribution >= 0.6 is 11.3 Å². The fourth-order valence-electron chi connectivity index (χ4n) is 1.46. The van der Waals surface area contributed by atoms with Gasteiger partial charge in [0.1, 0.15) is 6.61 Å². The fraction of sp³-hybridized carbons (Fsp3) is 0.143. The molecule has 98 valence electrons. The third-order valence-corrected chi connectivity index (χ3v) is 3.10. The number of thiophene rings is 1. The molecule has 0 aliphatic carbocycles. The van der Waals surface area contributed by atoms with Crippen LogP contribution in [0.3, 0.4) is 0 Å². The average Bonchev–Trinajstić information content (AvgIpc) is 2.98. The number of amides is 1. The van der Waals surface area contributed by atoms with Crippen molar-refractivity contribution in [1.82, 2.24) is 5.32 Å². The van der Waals surface area contributed by atoms with E-state index in [0.717, 1.165) is 0 Å². The molecule has 5 heteroatoms. The number of carbonyl (C=O) groups excluding carboxylic acids is 2. The minimum Gasteiger partial charge on any atom is -0.460 e. The molecule has 1 heterocycles. The highest BCUT2D eigenvalue weighted by atomic mass is 32.1. The zero-order valence-corrected chi connectivity index (χ0v) is 11.0. The average molecular weight is 275 g/mol. The highest BCUT2D eigenvalue weighted by molar-refractivity contribution is 7.08. The van der Waals surface area contributed by atoms with Crippen LogP contribution in [0.15, 0.2) is 47.2 Å². The second-order valence-electron chi connectivity index (χ2n) is 3.77. The van der Waals surface area contributed by atoms with Gasteiger partial charge >= 0.3 is 5.97 Å². The van der Waals surface area contributed by atoms with E-state index in [2.05, 4.69) is 5.32 Å². The van der Waals surface area contributed by atoms with Gasteiger partial charge in [-0.25, -0.2) is 4.79 Å². The monoisotopic (exact) mass is 275 g/mol. The van der Waals surface area contributed by atoms with Gasteiger partial charge in [-0.2, -0.15) is 11.3 Å². The lowest BCUT2D eigenvalue weighted by Crippen LogP contribution is -2.27. The summed E-state index contributed by atoms with van der Waals surface area (Å²) in [5.41, 5.74) is 1.13. The predicted octanol–water partition coefficient (Wildman–Crippen LogP) is 2.33. The lowest BCUT2D eigenvalue weighted by atomic mass is 10.2. The minimum absolute atomic E-state index is 0.160. The Morgan fingerprint density at radius 3 is 2.58 bits per heavy atom. The molecule has 0 aliphatic heterocycles. The van der Waals surface area contributed by atoms with Crippen LogP contribution in [0.1, 0.15) is 20.7 Å². The van der Waals surface area contributed by atoms with Crippen molar-refractivity contribution < 1.29 is 14.3 Å². The maximum Gasteiger partial charge on any atom is 0.339 e. The first-order valence-corrected chi connectivity index (χ1v) is 6.74. The third kappa shape index (κ3) is 3.93. The molecule has 0 radical (unpaired) electrons. The van der Waals surface area contributed by atoms with Crippen molar-refractivity contribution in [2.45, 2.75) is 0 Å². The molecule has 1 amide bonds. The molecule has 0 saturated heterocycles. The molecule has 19 heavy (non-hydrogen) atoms. The molecule has 0 bridgehead atoms. The van der Waals surface area contributed by atoms with Crippen molar-refractivity contribution in [1.29, 1.82) is 0 Å². The minimum atomic E-state index is -0.366. The summed E-state index contributed by atoms with van der Waals surface area (Å²) >= 11 is 1.44. The Morgan fingerprint density at radius 1 is 1.11 bits per heavy atom. The predicted molar refractivity (Wildman–Crippen MR) is 73.4 cm³/mol. The Balaban J connectivity index is 1.70. The maximum atomic E-state index is 11.7. The Kier molecular flexibility index (Phi) is 4.69. The van der Waals surface area contributed by atoms with Gasteiger partial charge in [0.25, 0.3) is 5.91 Å². The number of hydrogen-bond acceptors (Lipinski definition) is 4. The summed E-state index contributed by atoms with van der Waals surface area (Å²) in [7, 11) is 0. The summed E-state index contributed by atoms with van der Waals surface area (Å²) in [6.45, 7) is 0.455. The zero-order valence-electron chi connectivity index (χ0n) is 10.2. The first-order chi connectivity index (χ1) is 9.27. The van der Waals surface area contributed by atoms with Gasteiger partial charge in [0.05, 0.1) is 12.1 Å². The van der Waals surface area contributed by atoms with Crippen LogP contribution in [0.4, 0.5) is 0 Å². The number of hydrogen-bond donors (Lipinski definition) is 1. The van der Waals surface area contributed by atoms with Crippen LogP contribution in [0.2, 0.25) is 0 Å². The molecular formula is C14H13NO3S. The second-order valence-corrected chi connectivity index (χ2v) is 4.55. The SMILES string of the molecule is O=C(NCCOC(=O)c1ccsc1)c1ccccc1. The summed E-state index contributed by atoms with van der Waals surface area (Å²) in [4.78, 5) is 23.2. The van der Waals surface area contributed by atoms with Crippen LogP contribution in [-0.2, 0) is 4.74 Å². The third-order valence-electron chi connectivity index (χ3n) is 2.41. The summed E-state index contributed by atoms with van der Waals surface area (Å²) < 4.78 is 5.03. The van der Waals surface area contributed by atoms with E-state index < -0.39 is 0 Å². The van der Waals surface area contributed by atoms with E-state index >= 15 is 0 Å². The van der Waals surface area contributed by atoms with E-state index in [-0.39, 0.29) is 18.5 Å². The molecule has 1 aromatic heterocycles. The van der Waals surface area contributed by atoms with E-state index in [0.29, 0.717) is 17.7 Å². The molecule has 2 rings (SSSR count). The van der Waals surface area contributed by atoms with Crippen molar-refractivity contribution in [2.24, 2.45) is 0 Å². The highest BCUT2D eigenvalue weighted by Crippen LogP contribution is 2.07. The number of esters is 1. The molecule has 0 unspecified atom stereocenters. The van der Waals surface area contributed by atoms with Gasteiger partial charge in [-0.1, -0.05) is 18.2 Å². The summed E-state index contributed by atoms with van der Waals surface area (Å²) in [6, 6.07) is 10.6. The summed E-state index contributed by atoms with van der Waals surface area (Å²) in [5, 5.41) is 6.23. The number of benzene rings is 1. The van der Waals surface area contributed by atoms with E-state index in [1.54, 1.807) is 35.7 Å². The van der Waals surface area contributed by atoms with Crippen molar-refractivity contribution in [3.63, 3.8) is 0 Å². The molecule has 1 N–H and O–H groups in total. The molecule has 0 aliphatic rings. The first-order valence-electron chi connectivity index (χ1n) is 5.80. The van der Waals surface area contributed by atoms with Gasteiger partial charge in [-0.05, 0) is 23.6 Å². The van der Waals surface area contributed by atoms with Crippen LogP contribution in [0.5, 0.6) is 0 Å². The molecule has 1 aromatic carbocycles. The highest BCUT2D eigenvalue weighted by Gasteiger charge is 2.07. The van der Waals surface area contributed by atoms with Gasteiger partial charge in [0, 0.05) is 10.9 Å². The largest absolute Gasteiger partial charge is 0.460 e.